The molecule has 0 aromatic rings. The van der Waals surface area contributed by atoms with Crippen molar-refractivity contribution in [2.24, 2.45) is 17.8 Å². The summed E-state index contributed by atoms with van der Waals surface area (Å²) in [6.45, 7) is 8.09. The summed E-state index contributed by atoms with van der Waals surface area (Å²) in [6, 6.07) is 0. The number of hydrogen-bond acceptors (Lipinski definition) is 0. The fourth-order valence-electron chi connectivity index (χ4n) is 2.63. The molecule has 80 valence electrons. The summed E-state index contributed by atoms with van der Waals surface area (Å²) in [6.07, 6.45) is 7.32. The molecule has 3 atom stereocenters. The summed E-state index contributed by atoms with van der Waals surface area (Å²) in [4.78, 5) is 0. The summed E-state index contributed by atoms with van der Waals surface area (Å²) < 4.78 is 0. The first kappa shape index (κ1) is 11.9. The van der Waals surface area contributed by atoms with Gasteiger partial charge in [-0.3, -0.25) is 0 Å². The van der Waals surface area contributed by atoms with E-state index in [2.05, 4.69) is 49.4 Å². The van der Waals surface area contributed by atoms with Crippen molar-refractivity contribution in [2.75, 3.05) is 0 Å². The molecule has 0 aromatic heterocycles. The van der Waals surface area contributed by atoms with Crippen LogP contribution in [0.2, 0.25) is 0 Å². The summed E-state index contributed by atoms with van der Waals surface area (Å²) in [5.74, 6) is 2.63. The van der Waals surface area contributed by atoms with E-state index in [0.717, 1.165) is 24.2 Å². The van der Waals surface area contributed by atoms with Crippen molar-refractivity contribution in [3.05, 3.63) is 35.6 Å². The van der Waals surface area contributed by atoms with Crippen LogP contribution in [0.1, 0.15) is 39.5 Å². The van der Waals surface area contributed by atoms with Crippen molar-refractivity contribution in [1.29, 1.82) is 0 Å². The Morgan fingerprint density at radius 1 is 1.33 bits per heavy atom. The van der Waals surface area contributed by atoms with E-state index in [9.17, 15) is 0 Å². The molecule has 0 heterocycles. The highest BCUT2D eigenvalue weighted by Gasteiger charge is 2.30. The standard InChI is InChI=1S/C15H20/c1-4-6-7-8-9-10-15-13(3)11-12-14(15)5-2/h9,13-15H,1,5,10-12H2,2-3H3/t13-,14?,15?/m0/s1. The van der Waals surface area contributed by atoms with Gasteiger partial charge in [0.1, 0.15) is 0 Å². The predicted molar refractivity (Wildman–Crippen MR) is 64.5 cm³/mol. The van der Waals surface area contributed by atoms with E-state index in [1.165, 1.54) is 19.3 Å². The molecule has 0 bridgehead atoms. The highest BCUT2D eigenvalue weighted by Crippen LogP contribution is 2.40. The van der Waals surface area contributed by atoms with Crippen LogP contribution in [0.15, 0.2) is 35.6 Å². The van der Waals surface area contributed by atoms with Gasteiger partial charge in [-0.25, -0.2) is 0 Å². The Morgan fingerprint density at radius 2 is 2.13 bits per heavy atom. The van der Waals surface area contributed by atoms with Gasteiger partial charge in [-0.05, 0) is 54.7 Å². The zero-order chi connectivity index (χ0) is 11.1. The summed E-state index contributed by atoms with van der Waals surface area (Å²) in [5, 5.41) is 0. The van der Waals surface area contributed by atoms with E-state index < -0.39 is 0 Å². The molecule has 0 N–H and O–H groups in total. The van der Waals surface area contributed by atoms with Gasteiger partial charge in [-0.15, -0.1) is 0 Å². The van der Waals surface area contributed by atoms with Crippen LogP contribution in [0, 0.1) is 17.8 Å². The van der Waals surface area contributed by atoms with Crippen LogP contribution in [-0.2, 0) is 0 Å². The SMILES string of the molecule is C=C=C=C=C=CCC1C(CC)CC[C@@H]1C. The lowest BCUT2D eigenvalue weighted by molar-refractivity contribution is 0.323. The van der Waals surface area contributed by atoms with E-state index in [1.54, 1.807) is 0 Å². The summed E-state index contributed by atoms with van der Waals surface area (Å²) in [7, 11) is 0. The lowest BCUT2D eigenvalue weighted by Crippen LogP contribution is -2.11. The second-order valence-corrected chi connectivity index (χ2v) is 4.40. The van der Waals surface area contributed by atoms with Crippen molar-refractivity contribution < 1.29 is 0 Å². The minimum absolute atomic E-state index is 0.844. The maximum Gasteiger partial charge on any atom is -0.0105 e. The van der Waals surface area contributed by atoms with E-state index in [4.69, 9.17) is 0 Å². The van der Waals surface area contributed by atoms with Crippen LogP contribution in [0.4, 0.5) is 0 Å². The quantitative estimate of drug-likeness (QED) is 0.597. The molecule has 0 radical (unpaired) electrons. The molecule has 0 saturated heterocycles. The number of allylic oxidation sites excluding steroid dienone is 1. The van der Waals surface area contributed by atoms with Crippen LogP contribution >= 0.6 is 0 Å². The number of hydrogen-bond donors (Lipinski definition) is 0. The predicted octanol–water partition coefficient (Wildman–Crippen LogP) is 4.26. The highest BCUT2D eigenvalue weighted by molar-refractivity contribution is 4.91. The van der Waals surface area contributed by atoms with Gasteiger partial charge in [-0.1, -0.05) is 38.2 Å². The first-order valence-corrected chi connectivity index (χ1v) is 5.88. The molecule has 1 aliphatic carbocycles. The maximum atomic E-state index is 3.42. The van der Waals surface area contributed by atoms with E-state index in [0.29, 0.717) is 0 Å². The van der Waals surface area contributed by atoms with Crippen LogP contribution in [0.5, 0.6) is 0 Å². The van der Waals surface area contributed by atoms with Gasteiger partial charge in [0.2, 0.25) is 0 Å². The van der Waals surface area contributed by atoms with E-state index in [-0.39, 0.29) is 0 Å². The second kappa shape index (κ2) is 6.36. The summed E-state index contributed by atoms with van der Waals surface area (Å²) in [5.41, 5.74) is 11.0. The normalized spacial score (nSPS) is 28.5. The molecule has 1 saturated carbocycles. The zero-order valence-electron chi connectivity index (χ0n) is 9.84. The van der Waals surface area contributed by atoms with Gasteiger partial charge in [0, 0.05) is 0 Å². The fraction of sp³-hybridized carbons (Fsp3) is 0.600. The lowest BCUT2D eigenvalue weighted by Gasteiger charge is -2.19. The molecule has 0 nitrogen and oxygen atoms in total. The summed E-state index contributed by atoms with van der Waals surface area (Å²) >= 11 is 0. The molecule has 15 heavy (non-hydrogen) atoms. The van der Waals surface area contributed by atoms with E-state index in [1.807, 2.05) is 0 Å². The minimum atomic E-state index is 0.844. The average Bonchev–Trinajstić information content (AvgIpc) is 2.60. The Balaban J connectivity index is 2.60. The Kier molecular flexibility index (Phi) is 5.06. The third-order valence-corrected chi connectivity index (χ3v) is 3.57. The first-order chi connectivity index (χ1) is 7.29. The second-order valence-electron chi connectivity index (χ2n) is 4.40. The van der Waals surface area contributed by atoms with Gasteiger partial charge < -0.3 is 0 Å². The zero-order valence-corrected chi connectivity index (χ0v) is 9.84. The van der Waals surface area contributed by atoms with E-state index >= 15 is 0 Å². The minimum Gasteiger partial charge on any atom is -0.0687 e. The maximum absolute atomic E-state index is 3.42. The van der Waals surface area contributed by atoms with Gasteiger partial charge in [0.05, 0.1) is 0 Å². The molecule has 2 unspecified atom stereocenters. The smallest absolute Gasteiger partial charge is 0.0105 e. The molecule has 0 aromatic carbocycles. The van der Waals surface area contributed by atoms with Crippen molar-refractivity contribution in [1.82, 2.24) is 0 Å². The van der Waals surface area contributed by atoms with Crippen molar-refractivity contribution in [3.8, 4) is 0 Å². The topological polar surface area (TPSA) is 0 Å². The molecule has 0 heteroatoms. The van der Waals surface area contributed by atoms with Gasteiger partial charge >= 0.3 is 0 Å². The largest absolute Gasteiger partial charge is 0.0687 e. The molecular weight excluding hydrogens is 180 g/mol. The first-order valence-electron chi connectivity index (χ1n) is 5.88. The molecular formula is C15H20. The van der Waals surface area contributed by atoms with Gasteiger partial charge in [0.25, 0.3) is 0 Å². The molecule has 1 fully saturated rings. The Morgan fingerprint density at radius 3 is 2.80 bits per heavy atom. The molecule has 1 aliphatic rings. The van der Waals surface area contributed by atoms with Crippen LogP contribution < -0.4 is 0 Å². The lowest BCUT2D eigenvalue weighted by atomic mass is 9.86. The van der Waals surface area contributed by atoms with Crippen LogP contribution in [-0.4, -0.2) is 0 Å². The third kappa shape index (κ3) is 3.49. The highest BCUT2D eigenvalue weighted by atomic mass is 14.4. The molecule has 0 amide bonds. The Bertz CT molecular complexity index is 338. The van der Waals surface area contributed by atoms with Crippen LogP contribution in [0.25, 0.3) is 0 Å². The van der Waals surface area contributed by atoms with Gasteiger partial charge in [0.15, 0.2) is 0 Å². The third-order valence-electron chi connectivity index (χ3n) is 3.57. The number of rotatable bonds is 3. The fourth-order valence-corrected chi connectivity index (χ4v) is 2.63. The van der Waals surface area contributed by atoms with Crippen LogP contribution in [0.3, 0.4) is 0 Å². The van der Waals surface area contributed by atoms with Crippen molar-refractivity contribution in [3.63, 3.8) is 0 Å². The van der Waals surface area contributed by atoms with Gasteiger partial charge in [-0.2, -0.15) is 0 Å². The van der Waals surface area contributed by atoms with Crippen molar-refractivity contribution in [2.45, 2.75) is 39.5 Å². The Hall–Kier alpha value is -1.14. The monoisotopic (exact) mass is 200 g/mol. The molecule has 0 spiro atoms. The van der Waals surface area contributed by atoms with Crippen molar-refractivity contribution >= 4 is 0 Å². The molecule has 1 rings (SSSR count). The average molecular weight is 200 g/mol. The Labute approximate surface area is 93.4 Å². The molecule has 0 aliphatic heterocycles.